The molecule has 1 heterocycles. The van der Waals surface area contributed by atoms with Gasteiger partial charge in [0, 0.05) is 6.07 Å². The molecule has 0 amide bonds. The van der Waals surface area contributed by atoms with Crippen molar-refractivity contribution in [2.24, 2.45) is 0 Å². The molecule has 4 nitrogen and oxygen atoms in total. The minimum absolute atomic E-state index is 0. The standard InChI is InChI=1S/C6H5ClN2O2.ClH/c1-3-8-4(6(10)11)2-5(7)9-3;/h2H,1H3,(H,10,11);1H. The molecule has 0 fully saturated rings. The lowest BCUT2D eigenvalue weighted by molar-refractivity contribution is 0.0690. The molecule has 1 N–H and O–H groups in total. The van der Waals surface area contributed by atoms with Gasteiger partial charge >= 0.3 is 5.97 Å². The molecule has 0 spiro atoms. The van der Waals surface area contributed by atoms with Crippen LogP contribution in [0.4, 0.5) is 0 Å². The van der Waals surface area contributed by atoms with Crippen LogP contribution in [0, 0.1) is 6.92 Å². The largest absolute Gasteiger partial charge is 0.477 e. The van der Waals surface area contributed by atoms with Gasteiger partial charge in [-0.1, -0.05) is 11.6 Å². The number of halogens is 2. The molecule has 0 aromatic carbocycles. The lowest BCUT2D eigenvalue weighted by atomic mass is 10.4. The van der Waals surface area contributed by atoms with Crippen LogP contribution in [0.5, 0.6) is 0 Å². The fourth-order valence-electron chi connectivity index (χ4n) is 0.641. The van der Waals surface area contributed by atoms with Gasteiger partial charge in [0.25, 0.3) is 0 Å². The van der Waals surface area contributed by atoms with E-state index in [0.29, 0.717) is 5.82 Å². The normalized spacial score (nSPS) is 8.83. The number of rotatable bonds is 1. The second-order valence-corrected chi connectivity index (χ2v) is 2.32. The van der Waals surface area contributed by atoms with Crippen LogP contribution >= 0.6 is 24.0 Å². The fourth-order valence-corrected chi connectivity index (χ4v) is 0.866. The molecule has 0 radical (unpaired) electrons. The van der Waals surface area contributed by atoms with Crippen molar-refractivity contribution >= 4 is 30.0 Å². The van der Waals surface area contributed by atoms with E-state index < -0.39 is 5.97 Å². The summed E-state index contributed by atoms with van der Waals surface area (Å²) < 4.78 is 0. The number of hydrogen-bond acceptors (Lipinski definition) is 3. The van der Waals surface area contributed by atoms with Crippen molar-refractivity contribution in [3.63, 3.8) is 0 Å². The molecule has 0 atom stereocenters. The summed E-state index contributed by atoms with van der Waals surface area (Å²) in [6.07, 6.45) is 0. The quantitative estimate of drug-likeness (QED) is 0.712. The number of nitrogens with zero attached hydrogens (tertiary/aromatic N) is 2. The Bertz CT molecular complexity index is 283. The summed E-state index contributed by atoms with van der Waals surface area (Å²) in [5.41, 5.74) is -0.0810. The van der Waals surface area contributed by atoms with E-state index >= 15 is 0 Å². The van der Waals surface area contributed by atoms with Crippen molar-refractivity contribution in [1.82, 2.24) is 9.97 Å². The van der Waals surface area contributed by atoms with E-state index in [1.54, 1.807) is 6.92 Å². The maximum Gasteiger partial charge on any atom is 0.354 e. The molecule has 0 unspecified atom stereocenters. The van der Waals surface area contributed by atoms with Gasteiger partial charge in [-0.15, -0.1) is 12.4 Å². The number of carbonyl (C=O) groups is 1. The van der Waals surface area contributed by atoms with Crippen molar-refractivity contribution < 1.29 is 9.90 Å². The summed E-state index contributed by atoms with van der Waals surface area (Å²) in [6.45, 7) is 1.58. The van der Waals surface area contributed by atoms with Crippen molar-refractivity contribution in [3.8, 4) is 0 Å². The summed E-state index contributed by atoms with van der Waals surface area (Å²) in [6, 6.07) is 1.21. The van der Waals surface area contributed by atoms with E-state index in [9.17, 15) is 4.79 Å². The minimum Gasteiger partial charge on any atom is -0.477 e. The molecule has 12 heavy (non-hydrogen) atoms. The molecule has 0 saturated heterocycles. The lowest BCUT2D eigenvalue weighted by Gasteiger charge is -1.95. The van der Waals surface area contributed by atoms with Gasteiger partial charge in [-0.2, -0.15) is 0 Å². The monoisotopic (exact) mass is 208 g/mol. The van der Waals surface area contributed by atoms with E-state index in [0.717, 1.165) is 0 Å². The Balaban J connectivity index is 0.00000121. The number of aryl methyl sites for hydroxylation is 1. The van der Waals surface area contributed by atoms with Crippen LogP contribution in [0.2, 0.25) is 5.15 Å². The summed E-state index contributed by atoms with van der Waals surface area (Å²) in [4.78, 5) is 17.7. The molecular weight excluding hydrogens is 203 g/mol. The zero-order valence-electron chi connectivity index (χ0n) is 6.11. The highest BCUT2D eigenvalue weighted by molar-refractivity contribution is 6.29. The Morgan fingerprint density at radius 2 is 2.17 bits per heavy atom. The first-order chi connectivity index (χ1) is 5.09. The van der Waals surface area contributed by atoms with Crippen LogP contribution in [-0.2, 0) is 0 Å². The number of carboxylic acid groups (broad SMARTS) is 1. The molecule has 1 aromatic heterocycles. The van der Waals surface area contributed by atoms with E-state index in [1.807, 2.05) is 0 Å². The minimum atomic E-state index is -1.10. The second-order valence-electron chi connectivity index (χ2n) is 1.93. The van der Waals surface area contributed by atoms with Crippen LogP contribution in [0.25, 0.3) is 0 Å². The predicted octanol–water partition coefficient (Wildman–Crippen LogP) is 1.56. The average Bonchev–Trinajstić information content (AvgIpc) is 1.85. The molecule has 0 aliphatic heterocycles. The van der Waals surface area contributed by atoms with Crippen molar-refractivity contribution in [2.75, 3.05) is 0 Å². The highest BCUT2D eigenvalue weighted by Gasteiger charge is 2.06. The van der Waals surface area contributed by atoms with Gasteiger partial charge in [-0.25, -0.2) is 14.8 Å². The predicted molar refractivity (Wildman–Crippen MR) is 46.0 cm³/mol. The molecule has 1 aromatic rings. The van der Waals surface area contributed by atoms with E-state index in [-0.39, 0.29) is 23.3 Å². The van der Waals surface area contributed by atoms with Gasteiger partial charge < -0.3 is 5.11 Å². The Kier molecular flexibility index (Phi) is 3.92. The molecule has 66 valence electrons. The van der Waals surface area contributed by atoms with Crippen molar-refractivity contribution in [1.29, 1.82) is 0 Å². The molecule has 0 aliphatic carbocycles. The lowest BCUT2D eigenvalue weighted by Crippen LogP contribution is -2.02. The number of hydrogen-bond donors (Lipinski definition) is 1. The van der Waals surface area contributed by atoms with Gasteiger partial charge in [0.2, 0.25) is 0 Å². The molecule has 1 rings (SSSR count). The highest BCUT2D eigenvalue weighted by Crippen LogP contribution is 2.06. The van der Waals surface area contributed by atoms with Crippen LogP contribution in [0.3, 0.4) is 0 Å². The van der Waals surface area contributed by atoms with E-state index in [4.69, 9.17) is 16.7 Å². The van der Waals surface area contributed by atoms with Crippen LogP contribution in [-0.4, -0.2) is 21.0 Å². The zero-order chi connectivity index (χ0) is 8.43. The molecule has 0 bridgehead atoms. The Labute approximate surface area is 80.0 Å². The highest BCUT2D eigenvalue weighted by atomic mass is 35.5. The first-order valence-corrected chi connectivity index (χ1v) is 3.22. The number of aromatic carboxylic acids is 1. The van der Waals surface area contributed by atoms with Gasteiger partial charge in [-0.3, -0.25) is 0 Å². The van der Waals surface area contributed by atoms with Gasteiger partial charge in [0.1, 0.15) is 11.0 Å². The maximum absolute atomic E-state index is 10.4. The molecule has 0 saturated carbocycles. The average molecular weight is 209 g/mol. The Morgan fingerprint density at radius 3 is 2.58 bits per heavy atom. The van der Waals surface area contributed by atoms with Gasteiger partial charge in [-0.05, 0) is 6.92 Å². The Morgan fingerprint density at radius 1 is 1.58 bits per heavy atom. The molecular formula is C6H6Cl2N2O2. The summed E-state index contributed by atoms with van der Waals surface area (Å²) in [7, 11) is 0. The first kappa shape index (κ1) is 11.1. The van der Waals surface area contributed by atoms with Gasteiger partial charge in [0.15, 0.2) is 5.69 Å². The third-order valence-electron chi connectivity index (χ3n) is 1.03. The van der Waals surface area contributed by atoms with Crippen LogP contribution in [0.1, 0.15) is 16.3 Å². The van der Waals surface area contributed by atoms with Crippen LogP contribution in [0.15, 0.2) is 6.07 Å². The number of aromatic nitrogens is 2. The number of carboxylic acids is 1. The summed E-state index contributed by atoms with van der Waals surface area (Å²) in [5.74, 6) is -0.743. The third-order valence-corrected chi connectivity index (χ3v) is 1.22. The van der Waals surface area contributed by atoms with E-state index in [1.165, 1.54) is 6.07 Å². The third kappa shape index (κ3) is 2.64. The molecule has 0 aliphatic rings. The van der Waals surface area contributed by atoms with Crippen LogP contribution < -0.4 is 0 Å². The topological polar surface area (TPSA) is 63.1 Å². The first-order valence-electron chi connectivity index (χ1n) is 2.84. The van der Waals surface area contributed by atoms with Crippen molar-refractivity contribution in [2.45, 2.75) is 6.92 Å². The van der Waals surface area contributed by atoms with Gasteiger partial charge in [0.05, 0.1) is 0 Å². The Hall–Kier alpha value is -0.870. The van der Waals surface area contributed by atoms with Crippen molar-refractivity contribution in [3.05, 3.63) is 22.7 Å². The van der Waals surface area contributed by atoms with E-state index in [2.05, 4.69) is 9.97 Å². The zero-order valence-corrected chi connectivity index (χ0v) is 7.69. The second kappa shape index (κ2) is 4.23. The summed E-state index contributed by atoms with van der Waals surface area (Å²) in [5, 5.41) is 8.63. The SMILES string of the molecule is Cc1nc(Cl)cc(C(=O)O)n1.Cl. The fraction of sp³-hybridized carbons (Fsp3) is 0.167. The molecule has 6 heteroatoms. The maximum atomic E-state index is 10.4. The summed E-state index contributed by atoms with van der Waals surface area (Å²) >= 11 is 5.48. The smallest absolute Gasteiger partial charge is 0.354 e.